The number of rotatable bonds is 5. The number of nitrogens with zero attached hydrogens (tertiary/aromatic N) is 1. The molecule has 1 aromatic rings. The number of carboxylic acids is 1. The van der Waals surface area contributed by atoms with Crippen molar-refractivity contribution in [1.29, 1.82) is 0 Å². The van der Waals surface area contributed by atoms with Crippen LogP contribution in [0.3, 0.4) is 0 Å². The van der Waals surface area contributed by atoms with Gasteiger partial charge in [0.25, 0.3) is 0 Å². The summed E-state index contributed by atoms with van der Waals surface area (Å²) in [6.07, 6.45) is 2.20. The summed E-state index contributed by atoms with van der Waals surface area (Å²) in [6.45, 7) is 3.02. The van der Waals surface area contributed by atoms with Crippen LogP contribution in [0.1, 0.15) is 25.3 Å². The number of carbonyl (C=O) groups is 2. The normalized spacial score (nSPS) is 20.9. The Morgan fingerprint density at radius 1 is 1.36 bits per heavy atom. The lowest BCUT2D eigenvalue weighted by Crippen LogP contribution is -2.41. The Morgan fingerprint density at radius 3 is 2.64 bits per heavy atom. The first-order chi connectivity index (χ1) is 10.4. The standard InChI is InChI=1S/C16H21ClN2O3/c1-16(14(20)21)8-10-19(11-16)15(22)18-9-2-3-12-4-6-13(17)7-5-12/h4-7H,2-3,8-11H2,1H3,(H,18,22)(H,20,21). The largest absolute Gasteiger partial charge is 0.481 e. The van der Waals surface area contributed by atoms with Crippen molar-refractivity contribution < 1.29 is 14.7 Å². The topological polar surface area (TPSA) is 69.6 Å². The van der Waals surface area contributed by atoms with E-state index in [9.17, 15) is 9.59 Å². The number of nitrogens with one attached hydrogen (secondary N) is 1. The number of benzene rings is 1. The zero-order valence-electron chi connectivity index (χ0n) is 12.6. The first-order valence-corrected chi connectivity index (χ1v) is 7.79. The Balaban J connectivity index is 1.70. The van der Waals surface area contributed by atoms with Gasteiger partial charge >= 0.3 is 12.0 Å². The van der Waals surface area contributed by atoms with Crippen molar-refractivity contribution in [2.24, 2.45) is 5.41 Å². The van der Waals surface area contributed by atoms with E-state index in [4.69, 9.17) is 16.7 Å². The van der Waals surface area contributed by atoms with Crippen LogP contribution < -0.4 is 5.32 Å². The zero-order chi connectivity index (χ0) is 16.2. The minimum absolute atomic E-state index is 0.180. The second kappa shape index (κ2) is 7.01. The van der Waals surface area contributed by atoms with Crippen LogP contribution in [0.5, 0.6) is 0 Å². The Hall–Kier alpha value is -1.75. The van der Waals surface area contributed by atoms with E-state index in [-0.39, 0.29) is 12.6 Å². The third-order valence-electron chi connectivity index (χ3n) is 4.11. The van der Waals surface area contributed by atoms with Crippen molar-refractivity contribution in [3.8, 4) is 0 Å². The molecular weight excluding hydrogens is 304 g/mol. The molecule has 2 N–H and O–H groups in total. The summed E-state index contributed by atoms with van der Waals surface area (Å²) in [5.74, 6) is -0.842. The highest BCUT2D eigenvalue weighted by Crippen LogP contribution is 2.29. The first-order valence-electron chi connectivity index (χ1n) is 7.41. The Kier molecular flexibility index (Phi) is 5.29. The predicted molar refractivity (Wildman–Crippen MR) is 85.1 cm³/mol. The molecule has 1 fully saturated rings. The molecule has 120 valence electrons. The Labute approximate surface area is 135 Å². The lowest BCUT2D eigenvalue weighted by Gasteiger charge is -2.20. The van der Waals surface area contributed by atoms with Gasteiger partial charge in [0.15, 0.2) is 0 Å². The summed E-state index contributed by atoms with van der Waals surface area (Å²) in [5, 5.41) is 12.7. The Morgan fingerprint density at radius 2 is 2.05 bits per heavy atom. The molecule has 1 aliphatic rings. The van der Waals surface area contributed by atoms with E-state index >= 15 is 0 Å². The molecule has 0 aromatic heterocycles. The minimum Gasteiger partial charge on any atom is -0.481 e. The predicted octanol–water partition coefficient (Wildman–Crippen LogP) is 2.78. The van der Waals surface area contributed by atoms with E-state index < -0.39 is 11.4 Å². The molecule has 1 unspecified atom stereocenters. The number of carboxylic acid groups (broad SMARTS) is 1. The number of aryl methyl sites for hydroxylation is 1. The van der Waals surface area contributed by atoms with Gasteiger partial charge in [-0.15, -0.1) is 0 Å². The van der Waals surface area contributed by atoms with Gasteiger partial charge < -0.3 is 15.3 Å². The van der Waals surface area contributed by atoms with Gasteiger partial charge in [0.1, 0.15) is 0 Å². The molecule has 2 rings (SSSR count). The van der Waals surface area contributed by atoms with E-state index in [1.54, 1.807) is 11.8 Å². The van der Waals surface area contributed by atoms with E-state index in [1.165, 1.54) is 5.56 Å². The highest BCUT2D eigenvalue weighted by molar-refractivity contribution is 6.30. The van der Waals surface area contributed by atoms with Crippen molar-refractivity contribution in [2.45, 2.75) is 26.2 Å². The molecular formula is C16H21ClN2O3. The summed E-state index contributed by atoms with van der Waals surface area (Å²) >= 11 is 5.83. The number of carbonyl (C=O) groups excluding carboxylic acids is 1. The van der Waals surface area contributed by atoms with Gasteiger partial charge in [-0.2, -0.15) is 0 Å². The minimum atomic E-state index is -0.842. The van der Waals surface area contributed by atoms with Gasteiger partial charge in [0, 0.05) is 24.7 Å². The molecule has 0 bridgehead atoms. The van der Waals surface area contributed by atoms with Crippen LogP contribution in [0, 0.1) is 5.41 Å². The molecule has 2 amide bonds. The average molecular weight is 325 g/mol. The van der Waals surface area contributed by atoms with Gasteiger partial charge in [0.2, 0.25) is 0 Å². The highest BCUT2D eigenvalue weighted by atomic mass is 35.5. The number of halogens is 1. The molecule has 0 saturated carbocycles. The summed E-state index contributed by atoms with van der Waals surface area (Å²) in [5.41, 5.74) is 0.360. The molecule has 1 aromatic carbocycles. The molecule has 5 nitrogen and oxygen atoms in total. The first kappa shape index (κ1) is 16.6. The molecule has 1 heterocycles. The zero-order valence-corrected chi connectivity index (χ0v) is 13.4. The fourth-order valence-electron chi connectivity index (χ4n) is 2.56. The fraction of sp³-hybridized carbons (Fsp3) is 0.500. The van der Waals surface area contributed by atoms with Crippen molar-refractivity contribution in [2.75, 3.05) is 19.6 Å². The molecule has 22 heavy (non-hydrogen) atoms. The van der Waals surface area contributed by atoms with Gasteiger partial charge in [0.05, 0.1) is 5.41 Å². The van der Waals surface area contributed by atoms with Crippen molar-refractivity contribution in [3.05, 3.63) is 34.9 Å². The van der Waals surface area contributed by atoms with E-state index in [1.807, 2.05) is 24.3 Å². The molecule has 0 spiro atoms. The number of hydrogen-bond donors (Lipinski definition) is 2. The van der Waals surface area contributed by atoms with Crippen molar-refractivity contribution in [1.82, 2.24) is 10.2 Å². The van der Waals surface area contributed by atoms with Gasteiger partial charge in [-0.3, -0.25) is 4.79 Å². The quantitative estimate of drug-likeness (QED) is 0.818. The van der Waals surface area contributed by atoms with Crippen LogP contribution in [-0.4, -0.2) is 41.6 Å². The summed E-state index contributed by atoms with van der Waals surface area (Å²) in [7, 11) is 0. The monoisotopic (exact) mass is 324 g/mol. The smallest absolute Gasteiger partial charge is 0.317 e. The SMILES string of the molecule is CC1(C(=O)O)CCN(C(=O)NCCCc2ccc(Cl)cc2)C1. The van der Waals surface area contributed by atoms with Crippen molar-refractivity contribution >= 4 is 23.6 Å². The Bertz CT molecular complexity index is 547. The third kappa shape index (κ3) is 4.13. The maximum atomic E-state index is 12.0. The number of amides is 2. The summed E-state index contributed by atoms with van der Waals surface area (Å²) in [6, 6.07) is 7.48. The van der Waals surface area contributed by atoms with E-state index in [0.717, 1.165) is 12.8 Å². The van der Waals surface area contributed by atoms with Crippen LogP contribution in [0.15, 0.2) is 24.3 Å². The number of urea groups is 1. The lowest BCUT2D eigenvalue weighted by molar-refractivity contribution is -0.146. The van der Waals surface area contributed by atoms with E-state index in [2.05, 4.69) is 5.32 Å². The maximum absolute atomic E-state index is 12.0. The molecule has 0 aliphatic carbocycles. The van der Waals surface area contributed by atoms with Crippen molar-refractivity contribution in [3.63, 3.8) is 0 Å². The lowest BCUT2D eigenvalue weighted by atomic mass is 9.90. The van der Waals surface area contributed by atoms with Gasteiger partial charge in [-0.1, -0.05) is 23.7 Å². The van der Waals surface area contributed by atoms with Crippen LogP contribution in [0.2, 0.25) is 5.02 Å². The van der Waals surface area contributed by atoms with Crippen LogP contribution >= 0.6 is 11.6 Å². The molecule has 1 atom stereocenters. The maximum Gasteiger partial charge on any atom is 0.317 e. The summed E-state index contributed by atoms with van der Waals surface area (Å²) in [4.78, 5) is 24.8. The number of hydrogen-bond acceptors (Lipinski definition) is 2. The second-order valence-corrected chi connectivity index (χ2v) is 6.44. The van der Waals surface area contributed by atoms with Crippen LogP contribution in [-0.2, 0) is 11.2 Å². The van der Waals surface area contributed by atoms with Crippen LogP contribution in [0.4, 0.5) is 4.79 Å². The molecule has 6 heteroatoms. The number of likely N-dealkylation sites (tertiary alicyclic amines) is 1. The fourth-order valence-corrected chi connectivity index (χ4v) is 2.69. The van der Waals surface area contributed by atoms with E-state index in [0.29, 0.717) is 24.5 Å². The van der Waals surface area contributed by atoms with Gasteiger partial charge in [-0.25, -0.2) is 4.79 Å². The number of aliphatic carboxylic acids is 1. The molecule has 1 aliphatic heterocycles. The average Bonchev–Trinajstić information content (AvgIpc) is 2.89. The second-order valence-electron chi connectivity index (χ2n) is 6.00. The third-order valence-corrected chi connectivity index (χ3v) is 4.36. The van der Waals surface area contributed by atoms with Crippen LogP contribution in [0.25, 0.3) is 0 Å². The highest BCUT2D eigenvalue weighted by Gasteiger charge is 2.42. The molecule has 1 saturated heterocycles. The summed E-state index contributed by atoms with van der Waals surface area (Å²) < 4.78 is 0. The molecule has 0 radical (unpaired) electrons. The van der Waals surface area contributed by atoms with Gasteiger partial charge in [-0.05, 0) is 43.9 Å².